The van der Waals surface area contributed by atoms with E-state index in [4.69, 9.17) is 0 Å². The SMILES string of the molecule is CNc1nc(C(C#N)=C2NC(C)=CS2)nc(N2CCC(C)CC2)n1. The number of nitrogens with one attached hydrogen (secondary N) is 2. The largest absolute Gasteiger partial charge is 0.357 e. The Morgan fingerprint density at radius 3 is 2.71 bits per heavy atom. The highest BCUT2D eigenvalue weighted by Crippen LogP contribution is 2.31. The molecule has 3 rings (SSSR count). The second-order valence-electron chi connectivity index (χ2n) is 6.06. The molecule has 0 bridgehead atoms. The zero-order valence-corrected chi connectivity index (χ0v) is 14.9. The smallest absolute Gasteiger partial charge is 0.230 e. The van der Waals surface area contributed by atoms with Gasteiger partial charge in [0, 0.05) is 25.8 Å². The lowest BCUT2D eigenvalue weighted by Crippen LogP contribution is -2.34. The molecule has 2 N–H and O–H groups in total. The maximum absolute atomic E-state index is 9.61. The van der Waals surface area contributed by atoms with E-state index < -0.39 is 0 Å². The van der Waals surface area contributed by atoms with Crippen LogP contribution in [-0.2, 0) is 0 Å². The van der Waals surface area contributed by atoms with Crippen LogP contribution in [0.4, 0.5) is 11.9 Å². The van der Waals surface area contributed by atoms with E-state index >= 15 is 0 Å². The summed E-state index contributed by atoms with van der Waals surface area (Å²) in [6, 6.07) is 2.23. The van der Waals surface area contributed by atoms with Crippen molar-refractivity contribution in [3.05, 3.63) is 22.0 Å². The molecule has 8 heteroatoms. The Labute approximate surface area is 146 Å². The lowest BCUT2D eigenvalue weighted by molar-refractivity contribution is 0.434. The van der Waals surface area contributed by atoms with Gasteiger partial charge in [-0.1, -0.05) is 18.7 Å². The average molecular weight is 343 g/mol. The van der Waals surface area contributed by atoms with Crippen molar-refractivity contribution in [2.45, 2.75) is 26.7 Å². The molecule has 0 radical (unpaired) electrons. The molecule has 1 aromatic rings. The van der Waals surface area contributed by atoms with Crippen molar-refractivity contribution in [2.75, 3.05) is 30.4 Å². The normalized spacial score (nSPS) is 20.2. The van der Waals surface area contributed by atoms with Crippen LogP contribution in [0.5, 0.6) is 0 Å². The number of hydrogen-bond donors (Lipinski definition) is 2. The van der Waals surface area contributed by atoms with E-state index in [0.29, 0.717) is 23.3 Å². The summed E-state index contributed by atoms with van der Waals surface area (Å²) < 4.78 is 0. The summed E-state index contributed by atoms with van der Waals surface area (Å²) in [5.74, 6) is 2.26. The minimum Gasteiger partial charge on any atom is -0.357 e. The second-order valence-corrected chi connectivity index (χ2v) is 6.94. The topological polar surface area (TPSA) is 89.8 Å². The first-order chi connectivity index (χ1) is 11.6. The van der Waals surface area contributed by atoms with Gasteiger partial charge in [0.05, 0.1) is 5.03 Å². The van der Waals surface area contributed by atoms with Crippen molar-refractivity contribution in [3.8, 4) is 6.07 Å². The highest BCUT2D eigenvalue weighted by molar-refractivity contribution is 8.06. The van der Waals surface area contributed by atoms with Crippen LogP contribution in [-0.4, -0.2) is 35.1 Å². The number of piperidine rings is 1. The summed E-state index contributed by atoms with van der Waals surface area (Å²) in [6.45, 7) is 6.09. The van der Waals surface area contributed by atoms with Gasteiger partial charge in [-0.3, -0.25) is 0 Å². The van der Waals surface area contributed by atoms with E-state index in [1.54, 1.807) is 7.05 Å². The van der Waals surface area contributed by atoms with Gasteiger partial charge in [0.2, 0.25) is 11.9 Å². The molecule has 7 nitrogen and oxygen atoms in total. The molecule has 1 aromatic heterocycles. The van der Waals surface area contributed by atoms with Gasteiger partial charge >= 0.3 is 0 Å². The number of nitrogens with zero attached hydrogens (tertiary/aromatic N) is 5. The molecule has 0 unspecified atom stereocenters. The molecule has 126 valence electrons. The van der Waals surface area contributed by atoms with Gasteiger partial charge in [-0.2, -0.15) is 20.2 Å². The number of hydrogen-bond acceptors (Lipinski definition) is 8. The molecule has 2 aliphatic rings. The van der Waals surface area contributed by atoms with Crippen LogP contribution in [0.2, 0.25) is 0 Å². The number of thioether (sulfide) groups is 1. The number of nitriles is 1. The minimum atomic E-state index is 0.406. The summed E-state index contributed by atoms with van der Waals surface area (Å²) in [5, 5.41) is 18.5. The molecule has 0 spiro atoms. The average Bonchev–Trinajstić information content (AvgIpc) is 3.02. The van der Waals surface area contributed by atoms with Crippen LogP contribution in [0.25, 0.3) is 5.57 Å². The quantitative estimate of drug-likeness (QED) is 0.809. The summed E-state index contributed by atoms with van der Waals surface area (Å²) in [6.07, 6.45) is 2.26. The fraction of sp³-hybridized carbons (Fsp3) is 0.500. The van der Waals surface area contributed by atoms with E-state index in [2.05, 4.69) is 43.5 Å². The molecule has 0 amide bonds. The maximum atomic E-state index is 9.61. The summed E-state index contributed by atoms with van der Waals surface area (Å²) in [7, 11) is 1.77. The standard InChI is InChI=1S/C16H21N7S/c1-10-4-6-23(7-5-10)16-21-13(20-15(18-3)22-16)12(8-17)14-19-11(2)9-24-14/h9-10,19H,4-7H2,1-3H3,(H,18,20,21,22). The predicted octanol–water partition coefficient (Wildman–Crippen LogP) is 2.54. The zero-order chi connectivity index (χ0) is 17.1. The van der Waals surface area contributed by atoms with E-state index in [-0.39, 0.29) is 0 Å². The highest BCUT2D eigenvalue weighted by atomic mass is 32.2. The van der Waals surface area contributed by atoms with E-state index in [1.807, 2.05) is 12.3 Å². The van der Waals surface area contributed by atoms with Crippen molar-refractivity contribution in [1.82, 2.24) is 20.3 Å². The molecule has 2 aliphatic heterocycles. The third-order valence-corrected chi connectivity index (χ3v) is 5.15. The summed E-state index contributed by atoms with van der Waals surface area (Å²) in [5.41, 5.74) is 1.45. The first kappa shape index (κ1) is 16.6. The molecule has 0 aromatic carbocycles. The molecule has 1 saturated heterocycles. The summed E-state index contributed by atoms with van der Waals surface area (Å²) in [4.78, 5) is 15.6. The Bertz CT molecular complexity index is 726. The maximum Gasteiger partial charge on any atom is 0.230 e. The van der Waals surface area contributed by atoms with Gasteiger partial charge in [0.15, 0.2) is 5.82 Å². The monoisotopic (exact) mass is 343 g/mol. The van der Waals surface area contributed by atoms with Gasteiger partial charge in [0.1, 0.15) is 11.6 Å². The van der Waals surface area contributed by atoms with Crippen LogP contribution in [0, 0.1) is 17.2 Å². The number of rotatable bonds is 3. The Balaban J connectivity index is 1.96. The van der Waals surface area contributed by atoms with Crippen molar-refractivity contribution < 1.29 is 0 Å². The zero-order valence-electron chi connectivity index (χ0n) is 14.1. The third-order valence-electron chi connectivity index (χ3n) is 4.14. The van der Waals surface area contributed by atoms with E-state index in [0.717, 1.165) is 42.6 Å². The molecule has 0 atom stereocenters. The van der Waals surface area contributed by atoms with Crippen LogP contribution in [0.15, 0.2) is 16.1 Å². The van der Waals surface area contributed by atoms with Crippen molar-refractivity contribution in [2.24, 2.45) is 5.92 Å². The number of anilines is 2. The molecule has 0 saturated carbocycles. The fourth-order valence-electron chi connectivity index (χ4n) is 2.65. The number of allylic oxidation sites excluding steroid dienone is 2. The second kappa shape index (κ2) is 7.09. The van der Waals surface area contributed by atoms with Crippen LogP contribution >= 0.6 is 11.8 Å². The van der Waals surface area contributed by atoms with Crippen molar-refractivity contribution in [3.63, 3.8) is 0 Å². The Kier molecular flexibility index (Phi) is 4.90. The highest BCUT2D eigenvalue weighted by Gasteiger charge is 2.22. The first-order valence-corrected chi connectivity index (χ1v) is 8.92. The van der Waals surface area contributed by atoms with Crippen molar-refractivity contribution >= 4 is 29.2 Å². The van der Waals surface area contributed by atoms with Gasteiger partial charge < -0.3 is 15.5 Å². The van der Waals surface area contributed by atoms with Gasteiger partial charge in [0.25, 0.3) is 0 Å². The van der Waals surface area contributed by atoms with Crippen molar-refractivity contribution in [1.29, 1.82) is 5.26 Å². The van der Waals surface area contributed by atoms with Gasteiger partial charge in [-0.15, -0.1) is 0 Å². The minimum absolute atomic E-state index is 0.406. The van der Waals surface area contributed by atoms with Crippen LogP contribution in [0.3, 0.4) is 0 Å². The van der Waals surface area contributed by atoms with E-state index in [1.165, 1.54) is 11.8 Å². The predicted molar refractivity (Wildman–Crippen MR) is 97.0 cm³/mol. The Morgan fingerprint density at radius 1 is 1.38 bits per heavy atom. The van der Waals surface area contributed by atoms with Crippen LogP contribution < -0.4 is 15.5 Å². The lowest BCUT2D eigenvalue weighted by Gasteiger charge is -2.30. The van der Waals surface area contributed by atoms with Gasteiger partial charge in [-0.05, 0) is 31.1 Å². The van der Waals surface area contributed by atoms with Crippen LogP contribution in [0.1, 0.15) is 32.5 Å². The summed E-state index contributed by atoms with van der Waals surface area (Å²) >= 11 is 1.48. The molecular formula is C16H21N7S. The fourth-order valence-corrected chi connectivity index (χ4v) is 3.48. The molecule has 0 aliphatic carbocycles. The molecule has 3 heterocycles. The molecule has 24 heavy (non-hydrogen) atoms. The van der Waals surface area contributed by atoms with Gasteiger partial charge in [-0.25, -0.2) is 0 Å². The Hall–Kier alpha value is -2.27. The number of aromatic nitrogens is 3. The lowest BCUT2D eigenvalue weighted by atomic mass is 10.00. The van der Waals surface area contributed by atoms with E-state index in [9.17, 15) is 5.26 Å². The third kappa shape index (κ3) is 3.46. The Morgan fingerprint density at radius 2 is 2.12 bits per heavy atom. The molecule has 1 fully saturated rings. The first-order valence-electron chi connectivity index (χ1n) is 8.04. The molecular weight excluding hydrogens is 322 g/mol.